The molecule has 0 saturated heterocycles. The van der Waals surface area contributed by atoms with Crippen LogP contribution in [0.3, 0.4) is 0 Å². The second-order valence-electron chi connectivity index (χ2n) is 4.44. The average Bonchev–Trinajstić information content (AvgIpc) is 2.37. The fraction of sp³-hybridized carbons (Fsp3) is 0.846. The minimum Gasteiger partial charge on any atom is -0.481 e. The van der Waals surface area contributed by atoms with Crippen LogP contribution >= 0.6 is 11.8 Å². The maximum Gasteiger partial charge on any atom is 0.314 e. The van der Waals surface area contributed by atoms with E-state index in [0.717, 1.165) is 12.8 Å². The molecule has 2 amide bonds. The Bertz CT molecular complexity index is 250. The smallest absolute Gasteiger partial charge is 0.314 e. The Hall–Kier alpha value is -0.910. The lowest BCUT2D eigenvalue weighted by molar-refractivity contribution is -0.137. The zero-order valence-electron chi connectivity index (χ0n) is 11.7. The van der Waals surface area contributed by atoms with E-state index in [1.807, 2.05) is 11.8 Å². The Morgan fingerprint density at radius 2 is 1.53 bits per heavy atom. The number of carbonyl (C=O) groups is 2. The highest BCUT2D eigenvalue weighted by atomic mass is 32.2. The zero-order chi connectivity index (χ0) is 14.3. The summed E-state index contributed by atoms with van der Waals surface area (Å²) in [5.74, 6) is 0.426. The molecule has 19 heavy (non-hydrogen) atoms. The molecule has 0 atom stereocenters. The second kappa shape index (κ2) is 13.5. The second-order valence-corrected chi connectivity index (χ2v) is 5.43. The van der Waals surface area contributed by atoms with Gasteiger partial charge in [-0.15, -0.1) is 0 Å². The molecule has 0 unspecified atom stereocenters. The number of carboxylic acids is 1. The molecule has 0 aromatic heterocycles. The van der Waals surface area contributed by atoms with Crippen LogP contribution in [0.15, 0.2) is 0 Å². The first-order valence-electron chi connectivity index (χ1n) is 6.89. The molecule has 5 nitrogen and oxygen atoms in total. The fourth-order valence-corrected chi connectivity index (χ4v) is 2.09. The number of carbonyl (C=O) groups excluding carboxylic acids is 1. The first-order valence-corrected chi connectivity index (χ1v) is 8.28. The van der Waals surface area contributed by atoms with E-state index in [-0.39, 0.29) is 12.5 Å². The van der Waals surface area contributed by atoms with Gasteiger partial charge in [-0.1, -0.05) is 12.8 Å². The van der Waals surface area contributed by atoms with Gasteiger partial charge in [-0.05, 0) is 37.7 Å². The van der Waals surface area contributed by atoms with Crippen molar-refractivity contribution in [2.24, 2.45) is 0 Å². The molecule has 0 saturated carbocycles. The number of aliphatic carboxylic acids is 1. The van der Waals surface area contributed by atoms with Gasteiger partial charge >= 0.3 is 12.0 Å². The van der Waals surface area contributed by atoms with Crippen molar-refractivity contribution < 1.29 is 14.7 Å². The number of thioether (sulfide) groups is 1. The number of unbranched alkanes of at least 4 members (excludes halogenated alkanes) is 4. The van der Waals surface area contributed by atoms with Gasteiger partial charge in [0.1, 0.15) is 0 Å². The van der Waals surface area contributed by atoms with Crippen molar-refractivity contribution in [1.29, 1.82) is 0 Å². The summed E-state index contributed by atoms with van der Waals surface area (Å²) < 4.78 is 0. The van der Waals surface area contributed by atoms with Crippen LogP contribution in [0.2, 0.25) is 0 Å². The molecule has 0 heterocycles. The van der Waals surface area contributed by atoms with Gasteiger partial charge < -0.3 is 15.7 Å². The van der Waals surface area contributed by atoms with Crippen LogP contribution in [-0.4, -0.2) is 42.2 Å². The number of hydrogen-bond donors (Lipinski definition) is 3. The van der Waals surface area contributed by atoms with E-state index in [9.17, 15) is 9.59 Å². The molecule has 0 spiro atoms. The molecule has 0 bridgehead atoms. The highest BCUT2D eigenvalue weighted by Gasteiger charge is 2.00. The van der Waals surface area contributed by atoms with Crippen molar-refractivity contribution in [2.45, 2.75) is 44.9 Å². The highest BCUT2D eigenvalue weighted by molar-refractivity contribution is 7.98. The lowest BCUT2D eigenvalue weighted by Gasteiger charge is -2.07. The maximum absolute atomic E-state index is 11.3. The normalized spacial score (nSPS) is 10.2. The minimum absolute atomic E-state index is 0.153. The Morgan fingerprint density at radius 3 is 2.11 bits per heavy atom. The number of carboxylic acid groups (broad SMARTS) is 1. The predicted molar refractivity (Wildman–Crippen MR) is 79.7 cm³/mol. The molecular formula is C13H26N2O3S. The van der Waals surface area contributed by atoms with Crippen LogP contribution in [0.1, 0.15) is 44.9 Å². The molecule has 0 aliphatic rings. The third-order valence-corrected chi connectivity index (χ3v) is 3.36. The molecule has 0 aliphatic heterocycles. The third kappa shape index (κ3) is 15.0. The average molecular weight is 290 g/mol. The molecule has 3 N–H and O–H groups in total. The molecule has 0 aromatic carbocycles. The van der Waals surface area contributed by atoms with Gasteiger partial charge in [0.05, 0.1) is 0 Å². The summed E-state index contributed by atoms with van der Waals surface area (Å²) in [7, 11) is 0. The summed E-state index contributed by atoms with van der Waals surface area (Å²) in [6.07, 6.45) is 8.22. The lowest BCUT2D eigenvalue weighted by atomic mass is 10.2. The summed E-state index contributed by atoms with van der Waals surface area (Å²) in [4.78, 5) is 21.6. The van der Waals surface area contributed by atoms with Crippen molar-refractivity contribution in [1.82, 2.24) is 10.6 Å². The van der Waals surface area contributed by atoms with Crippen molar-refractivity contribution in [3.05, 3.63) is 0 Å². The Balaban J connectivity index is 3.19. The maximum atomic E-state index is 11.3. The van der Waals surface area contributed by atoms with E-state index in [1.165, 1.54) is 18.6 Å². The van der Waals surface area contributed by atoms with Crippen LogP contribution in [0.5, 0.6) is 0 Å². The van der Waals surface area contributed by atoms with Gasteiger partial charge in [-0.3, -0.25) is 4.79 Å². The summed E-state index contributed by atoms with van der Waals surface area (Å²) in [6.45, 7) is 1.24. The Kier molecular flexibility index (Phi) is 12.9. The van der Waals surface area contributed by atoms with Crippen LogP contribution in [-0.2, 0) is 4.79 Å². The number of nitrogens with one attached hydrogen (secondary N) is 2. The van der Waals surface area contributed by atoms with E-state index < -0.39 is 5.97 Å². The number of rotatable bonds is 12. The Morgan fingerprint density at radius 1 is 0.947 bits per heavy atom. The zero-order valence-corrected chi connectivity index (χ0v) is 12.6. The minimum atomic E-state index is -0.786. The van der Waals surface area contributed by atoms with E-state index in [4.69, 9.17) is 5.11 Å². The van der Waals surface area contributed by atoms with Gasteiger partial charge in [0.2, 0.25) is 0 Å². The van der Waals surface area contributed by atoms with Crippen molar-refractivity contribution in [3.63, 3.8) is 0 Å². The molecule has 0 fully saturated rings. The molecule has 0 radical (unpaired) electrons. The Labute approximate surface area is 119 Å². The van der Waals surface area contributed by atoms with Gasteiger partial charge in [0.25, 0.3) is 0 Å². The highest BCUT2D eigenvalue weighted by Crippen LogP contribution is 2.03. The summed E-state index contributed by atoms with van der Waals surface area (Å²) in [5.41, 5.74) is 0. The number of urea groups is 1. The van der Waals surface area contributed by atoms with Crippen molar-refractivity contribution >= 4 is 23.8 Å². The van der Waals surface area contributed by atoms with Crippen LogP contribution in [0, 0.1) is 0 Å². The van der Waals surface area contributed by atoms with E-state index >= 15 is 0 Å². The molecular weight excluding hydrogens is 264 g/mol. The monoisotopic (exact) mass is 290 g/mol. The molecule has 6 heteroatoms. The van der Waals surface area contributed by atoms with Gasteiger partial charge in [0.15, 0.2) is 0 Å². The standard InChI is InChI=1S/C13H26N2O3S/c1-19-11-7-3-2-5-9-14-13(18)15-10-6-4-8-12(16)17/h2-11H2,1H3,(H,16,17)(H2,14,15,18). The summed E-state index contributed by atoms with van der Waals surface area (Å²) in [5, 5.41) is 14.0. The van der Waals surface area contributed by atoms with E-state index in [0.29, 0.717) is 25.9 Å². The molecule has 0 rings (SSSR count). The molecule has 0 aliphatic carbocycles. The van der Waals surface area contributed by atoms with Gasteiger partial charge in [-0.2, -0.15) is 11.8 Å². The van der Waals surface area contributed by atoms with Crippen LogP contribution in [0.25, 0.3) is 0 Å². The largest absolute Gasteiger partial charge is 0.481 e. The van der Waals surface area contributed by atoms with E-state index in [2.05, 4.69) is 16.9 Å². The van der Waals surface area contributed by atoms with Crippen LogP contribution < -0.4 is 10.6 Å². The first-order chi connectivity index (χ1) is 9.16. The quantitative estimate of drug-likeness (QED) is 0.482. The van der Waals surface area contributed by atoms with Gasteiger partial charge in [0, 0.05) is 19.5 Å². The molecule has 0 aromatic rings. The molecule has 112 valence electrons. The SMILES string of the molecule is CSCCCCCCNC(=O)NCCCCC(=O)O. The summed E-state index contributed by atoms with van der Waals surface area (Å²) >= 11 is 1.87. The summed E-state index contributed by atoms with van der Waals surface area (Å²) in [6, 6.07) is -0.153. The number of amides is 2. The lowest BCUT2D eigenvalue weighted by Crippen LogP contribution is -2.36. The topological polar surface area (TPSA) is 78.4 Å². The van der Waals surface area contributed by atoms with Crippen molar-refractivity contribution in [2.75, 3.05) is 25.1 Å². The van der Waals surface area contributed by atoms with Crippen LogP contribution in [0.4, 0.5) is 4.79 Å². The van der Waals surface area contributed by atoms with Gasteiger partial charge in [-0.25, -0.2) is 4.79 Å². The fourth-order valence-electron chi connectivity index (χ4n) is 1.59. The van der Waals surface area contributed by atoms with Crippen molar-refractivity contribution in [3.8, 4) is 0 Å². The third-order valence-electron chi connectivity index (χ3n) is 2.66. The number of hydrogen-bond acceptors (Lipinski definition) is 3. The predicted octanol–water partition coefficient (Wildman–Crippen LogP) is 2.46. The van der Waals surface area contributed by atoms with E-state index in [1.54, 1.807) is 0 Å². The first kappa shape index (κ1) is 18.1.